The Balaban J connectivity index is 2.43. The highest BCUT2D eigenvalue weighted by Crippen LogP contribution is 2.18. The number of hydrogen-bond donors (Lipinski definition) is 1. The Labute approximate surface area is 117 Å². The van der Waals surface area contributed by atoms with Crippen LogP contribution in [0.4, 0.5) is 4.39 Å². The second kappa shape index (κ2) is 8.17. The topological polar surface area (TPSA) is 40.5 Å². The van der Waals surface area contributed by atoms with E-state index in [-0.39, 0.29) is 18.4 Å². The Hall–Kier alpha value is -1.07. The summed E-state index contributed by atoms with van der Waals surface area (Å²) in [5, 5.41) is 8.89. The van der Waals surface area contributed by atoms with E-state index in [4.69, 9.17) is 5.11 Å². The smallest absolute Gasteiger partial charge is 0.317 e. The Kier molecular flexibility index (Phi) is 6.87. The molecule has 0 saturated carbocycles. The molecule has 0 spiro atoms. The molecule has 0 fully saturated rings. The van der Waals surface area contributed by atoms with E-state index in [1.165, 1.54) is 12.1 Å². The van der Waals surface area contributed by atoms with Gasteiger partial charge < -0.3 is 5.11 Å². The number of carbonyl (C=O) groups is 1. The number of nitrogens with zero attached hydrogens (tertiary/aromatic N) is 1. The van der Waals surface area contributed by atoms with Gasteiger partial charge in [-0.2, -0.15) is 0 Å². The molecule has 0 radical (unpaired) electrons. The van der Waals surface area contributed by atoms with Gasteiger partial charge in [0, 0.05) is 23.2 Å². The highest BCUT2D eigenvalue weighted by atomic mass is 32.2. The number of halogens is 1. The van der Waals surface area contributed by atoms with Crippen LogP contribution in [0, 0.1) is 5.82 Å². The number of rotatable bonds is 8. The molecule has 1 atom stereocenters. The highest BCUT2D eigenvalue weighted by Gasteiger charge is 2.14. The van der Waals surface area contributed by atoms with Gasteiger partial charge in [-0.15, -0.1) is 11.8 Å². The average molecular weight is 285 g/mol. The molecule has 0 bridgehead atoms. The SMILES string of the molecule is CCC(C)N(CCSc1ccc(F)cc1)CC(=O)O. The minimum Gasteiger partial charge on any atom is -0.480 e. The van der Waals surface area contributed by atoms with E-state index in [0.717, 1.165) is 17.1 Å². The molecule has 3 nitrogen and oxygen atoms in total. The summed E-state index contributed by atoms with van der Waals surface area (Å²) >= 11 is 1.61. The first-order chi connectivity index (χ1) is 9.02. The van der Waals surface area contributed by atoms with Crippen LogP contribution in [0.1, 0.15) is 20.3 Å². The molecule has 0 aromatic heterocycles. The predicted octanol–water partition coefficient (Wildman–Crippen LogP) is 3.10. The van der Waals surface area contributed by atoms with Gasteiger partial charge in [0.2, 0.25) is 0 Å². The van der Waals surface area contributed by atoms with Gasteiger partial charge in [-0.05, 0) is 37.6 Å². The lowest BCUT2D eigenvalue weighted by atomic mass is 10.2. The minimum absolute atomic E-state index is 0.0684. The molecule has 5 heteroatoms. The fourth-order valence-electron chi connectivity index (χ4n) is 1.70. The molecule has 0 saturated heterocycles. The number of thioether (sulfide) groups is 1. The summed E-state index contributed by atoms with van der Waals surface area (Å²) in [5.74, 6) is -0.243. The van der Waals surface area contributed by atoms with Crippen molar-refractivity contribution < 1.29 is 14.3 Å². The fourth-order valence-corrected chi connectivity index (χ4v) is 2.59. The Bertz CT molecular complexity index is 397. The fraction of sp³-hybridized carbons (Fsp3) is 0.500. The maximum absolute atomic E-state index is 12.7. The van der Waals surface area contributed by atoms with Crippen molar-refractivity contribution in [3.05, 3.63) is 30.1 Å². The van der Waals surface area contributed by atoms with Crippen molar-refractivity contribution in [2.24, 2.45) is 0 Å². The lowest BCUT2D eigenvalue weighted by Gasteiger charge is -2.26. The lowest BCUT2D eigenvalue weighted by molar-refractivity contribution is -0.138. The molecule has 0 aliphatic rings. The van der Waals surface area contributed by atoms with Gasteiger partial charge in [-0.25, -0.2) is 4.39 Å². The molecule has 19 heavy (non-hydrogen) atoms. The Morgan fingerprint density at radius 1 is 1.42 bits per heavy atom. The van der Waals surface area contributed by atoms with Crippen LogP contribution in [0.3, 0.4) is 0 Å². The van der Waals surface area contributed by atoms with Gasteiger partial charge in [-0.3, -0.25) is 9.69 Å². The third-order valence-corrected chi connectivity index (χ3v) is 4.01. The maximum Gasteiger partial charge on any atom is 0.317 e. The molecule has 0 aliphatic carbocycles. The van der Waals surface area contributed by atoms with Crippen LogP contribution in [0.2, 0.25) is 0 Å². The molecule has 0 aliphatic heterocycles. The van der Waals surface area contributed by atoms with Crippen molar-refractivity contribution in [3.8, 4) is 0 Å². The van der Waals surface area contributed by atoms with Crippen molar-refractivity contribution >= 4 is 17.7 Å². The zero-order chi connectivity index (χ0) is 14.3. The van der Waals surface area contributed by atoms with E-state index in [1.807, 2.05) is 18.7 Å². The lowest BCUT2D eigenvalue weighted by Crippen LogP contribution is -2.38. The first-order valence-corrected chi connectivity index (χ1v) is 7.35. The summed E-state index contributed by atoms with van der Waals surface area (Å²) in [6, 6.07) is 6.61. The monoisotopic (exact) mass is 285 g/mol. The molecule has 1 aromatic rings. The first kappa shape index (κ1) is 16.0. The summed E-state index contributed by atoms with van der Waals surface area (Å²) in [7, 11) is 0. The number of carboxylic acid groups (broad SMARTS) is 1. The van der Waals surface area contributed by atoms with Gasteiger partial charge in [0.25, 0.3) is 0 Å². The quantitative estimate of drug-likeness (QED) is 0.745. The van der Waals surface area contributed by atoms with Crippen molar-refractivity contribution in [1.82, 2.24) is 4.90 Å². The van der Waals surface area contributed by atoms with Gasteiger partial charge in [-0.1, -0.05) is 6.92 Å². The van der Waals surface area contributed by atoms with Crippen molar-refractivity contribution in [2.75, 3.05) is 18.8 Å². The van der Waals surface area contributed by atoms with E-state index < -0.39 is 5.97 Å². The second-order valence-corrected chi connectivity index (χ2v) is 5.59. The average Bonchev–Trinajstić information content (AvgIpc) is 2.38. The van der Waals surface area contributed by atoms with E-state index in [9.17, 15) is 9.18 Å². The molecule has 1 N–H and O–H groups in total. The summed E-state index contributed by atoms with van der Waals surface area (Å²) in [6.07, 6.45) is 0.925. The van der Waals surface area contributed by atoms with E-state index in [2.05, 4.69) is 0 Å². The zero-order valence-electron chi connectivity index (χ0n) is 11.3. The summed E-state index contributed by atoms with van der Waals surface area (Å²) in [6.45, 7) is 4.86. The van der Waals surface area contributed by atoms with E-state index in [0.29, 0.717) is 6.54 Å². The maximum atomic E-state index is 12.7. The number of carboxylic acids is 1. The third-order valence-electron chi connectivity index (χ3n) is 3.01. The first-order valence-electron chi connectivity index (χ1n) is 6.37. The van der Waals surface area contributed by atoms with Crippen LogP contribution in [0.15, 0.2) is 29.2 Å². The molecular formula is C14H20FNO2S. The molecule has 106 valence electrons. The van der Waals surface area contributed by atoms with Crippen molar-refractivity contribution in [2.45, 2.75) is 31.2 Å². The number of aliphatic carboxylic acids is 1. The third kappa shape index (κ3) is 6.07. The summed E-state index contributed by atoms with van der Waals surface area (Å²) in [5.41, 5.74) is 0. The standard InChI is InChI=1S/C14H20FNO2S/c1-3-11(2)16(10-14(17)18)8-9-19-13-6-4-12(15)5-7-13/h4-7,11H,3,8-10H2,1-2H3,(H,17,18). The van der Waals surface area contributed by atoms with Crippen molar-refractivity contribution in [1.29, 1.82) is 0 Å². The van der Waals surface area contributed by atoms with Gasteiger partial charge in [0.05, 0.1) is 6.54 Å². The normalized spacial score (nSPS) is 12.6. The Morgan fingerprint density at radius 3 is 2.58 bits per heavy atom. The molecule has 0 amide bonds. The van der Waals surface area contributed by atoms with Gasteiger partial charge in [0.15, 0.2) is 0 Å². The van der Waals surface area contributed by atoms with Crippen LogP contribution < -0.4 is 0 Å². The predicted molar refractivity (Wildman–Crippen MR) is 76.1 cm³/mol. The van der Waals surface area contributed by atoms with Crippen LogP contribution in [-0.2, 0) is 4.79 Å². The second-order valence-electron chi connectivity index (χ2n) is 4.42. The summed E-state index contributed by atoms with van der Waals surface area (Å²) in [4.78, 5) is 13.8. The molecule has 1 unspecified atom stereocenters. The van der Waals surface area contributed by atoms with Crippen LogP contribution in [-0.4, -0.2) is 40.9 Å². The molecule has 1 aromatic carbocycles. The highest BCUT2D eigenvalue weighted by molar-refractivity contribution is 7.99. The van der Waals surface area contributed by atoms with Crippen molar-refractivity contribution in [3.63, 3.8) is 0 Å². The molecule has 1 rings (SSSR count). The zero-order valence-corrected chi connectivity index (χ0v) is 12.1. The van der Waals surface area contributed by atoms with Gasteiger partial charge >= 0.3 is 5.97 Å². The van der Waals surface area contributed by atoms with E-state index in [1.54, 1.807) is 23.9 Å². The van der Waals surface area contributed by atoms with E-state index >= 15 is 0 Å². The Morgan fingerprint density at radius 2 is 2.05 bits per heavy atom. The number of benzene rings is 1. The van der Waals surface area contributed by atoms with Gasteiger partial charge in [0.1, 0.15) is 5.82 Å². The van der Waals surface area contributed by atoms with Crippen LogP contribution in [0.5, 0.6) is 0 Å². The largest absolute Gasteiger partial charge is 0.480 e. The molecule has 0 heterocycles. The number of hydrogen-bond acceptors (Lipinski definition) is 3. The molecular weight excluding hydrogens is 265 g/mol. The van der Waals surface area contributed by atoms with Crippen LogP contribution in [0.25, 0.3) is 0 Å². The minimum atomic E-state index is -0.799. The van der Waals surface area contributed by atoms with Crippen LogP contribution >= 0.6 is 11.8 Å². The summed E-state index contributed by atoms with van der Waals surface area (Å²) < 4.78 is 12.7.